The van der Waals surface area contributed by atoms with Crippen LogP contribution in [0.1, 0.15) is 32.6 Å². The Hall–Kier alpha value is -2.26. The summed E-state index contributed by atoms with van der Waals surface area (Å²) in [4.78, 5) is 35.7. The molecule has 0 aromatic heterocycles. The molecule has 1 aliphatic rings. The molecule has 1 aliphatic heterocycles. The molecule has 8 nitrogen and oxygen atoms in total. The third-order valence-electron chi connectivity index (χ3n) is 4.63. The van der Waals surface area contributed by atoms with E-state index in [1.807, 2.05) is 0 Å². The molecule has 3 N–H and O–H groups in total. The molecule has 1 aromatic rings. The topological polar surface area (TPSA) is 127 Å². The SMILES string of the molecule is CC(CCC(=O)N[C@H]1CCCN(S(=O)(=O)c2ccccc2)CC1=O)C(N)=O. The van der Waals surface area contributed by atoms with Gasteiger partial charge >= 0.3 is 0 Å². The third-order valence-corrected chi connectivity index (χ3v) is 6.49. The molecule has 0 aliphatic carbocycles. The van der Waals surface area contributed by atoms with E-state index in [1.165, 1.54) is 12.1 Å². The van der Waals surface area contributed by atoms with Crippen molar-refractivity contribution in [1.29, 1.82) is 0 Å². The van der Waals surface area contributed by atoms with Crippen molar-refractivity contribution in [3.8, 4) is 0 Å². The summed E-state index contributed by atoms with van der Waals surface area (Å²) in [6.45, 7) is 1.58. The van der Waals surface area contributed by atoms with Crippen LogP contribution in [-0.4, -0.2) is 49.5 Å². The second-order valence-corrected chi connectivity index (χ2v) is 8.66. The fourth-order valence-electron chi connectivity index (χ4n) is 2.85. The predicted octanol–water partition coefficient (Wildman–Crippen LogP) is 0.427. The first-order valence-electron chi connectivity index (χ1n) is 8.88. The Morgan fingerprint density at radius 1 is 1.30 bits per heavy atom. The minimum absolute atomic E-state index is 0.0832. The van der Waals surface area contributed by atoms with Crippen molar-refractivity contribution in [2.45, 2.75) is 43.5 Å². The standard InChI is InChI=1S/C18H25N3O5S/c1-13(18(19)24)9-10-17(23)20-15-8-5-11-21(12-16(15)22)27(25,26)14-6-3-2-4-7-14/h2-4,6-7,13,15H,5,8-12H2,1H3,(H2,19,24)(H,20,23)/t13?,15-/m0/s1. The number of carbonyl (C=O) groups excluding carboxylic acids is 3. The van der Waals surface area contributed by atoms with Gasteiger partial charge in [-0.05, 0) is 31.4 Å². The van der Waals surface area contributed by atoms with Crippen LogP contribution in [0.15, 0.2) is 35.2 Å². The zero-order valence-corrected chi connectivity index (χ0v) is 16.1. The van der Waals surface area contributed by atoms with Gasteiger partial charge in [0.25, 0.3) is 0 Å². The van der Waals surface area contributed by atoms with E-state index in [-0.39, 0.29) is 36.1 Å². The Morgan fingerprint density at radius 2 is 1.96 bits per heavy atom. The maximum atomic E-state index is 12.7. The van der Waals surface area contributed by atoms with Crippen LogP contribution < -0.4 is 11.1 Å². The fourth-order valence-corrected chi connectivity index (χ4v) is 4.32. The van der Waals surface area contributed by atoms with Crippen LogP contribution in [0.3, 0.4) is 0 Å². The Morgan fingerprint density at radius 3 is 2.59 bits per heavy atom. The van der Waals surface area contributed by atoms with E-state index >= 15 is 0 Å². The van der Waals surface area contributed by atoms with Gasteiger partial charge in [0.05, 0.1) is 17.5 Å². The summed E-state index contributed by atoms with van der Waals surface area (Å²) in [6, 6.07) is 7.23. The van der Waals surface area contributed by atoms with Gasteiger partial charge in [-0.2, -0.15) is 4.31 Å². The van der Waals surface area contributed by atoms with Crippen LogP contribution in [0, 0.1) is 5.92 Å². The summed E-state index contributed by atoms with van der Waals surface area (Å²) in [6.07, 6.45) is 1.22. The van der Waals surface area contributed by atoms with Gasteiger partial charge in [0.1, 0.15) is 0 Å². The maximum absolute atomic E-state index is 12.7. The molecule has 27 heavy (non-hydrogen) atoms. The molecule has 0 radical (unpaired) electrons. The van der Waals surface area contributed by atoms with Crippen LogP contribution in [0.25, 0.3) is 0 Å². The number of hydrogen-bond donors (Lipinski definition) is 2. The van der Waals surface area contributed by atoms with Gasteiger partial charge in [0.2, 0.25) is 21.8 Å². The maximum Gasteiger partial charge on any atom is 0.243 e. The summed E-state index contributed by atoms with van der Waals surface area (Å²) in [7, 11) is -3.75. The van der Waals surface area contributed by atoms with Crippen molar-refractivity contribution in [2.24, 2.45) is 11.7 Å². The van der Waals surface area contributed by atoms with E-state index in [4.69, 9.17) is 5.73 Å². The monoisotopic (exact) mass is 395 g/mol. The Bertz CT molecular complexity index is 794. The molecule has 2 atom stereocenters. The molecule has 1 saturated heterocycles. The molecule has 0 bridgehead atoms. The summed E-state index contributed by atoms with van der Waals surface area (Å²) in [5.41, 5.74) is 5.17. The number of hydrogen-bond acceptors (Lipinski definition) is 5. The van der Waals surface area contributed by atoms with Crippen LogP contribution >= 0.6 is 0 Å². The molecule has 1 heterocycles. The highest BCUT2D eigenvalue weighted by Crippen LogP contribution is 2.19. The first-order chi connectivity index (χ1) is 12.7. The number of Topliss-reactive ketones (excluding diaryl/α,β-unsaturated/α-hetero) is 1. The number of amides is 2. The van der Waals surface area contributed by atoms with Crippen molar-refractivity contribution in [1.82, 2.24) is 9.62 Å². The molecule has 0 saturated carbocycles. The van der Waals surface area contributed by atoms with E-state index in [0.29, 0.717) is 19.3 Å². The lowest BCUT2D eigenvalue weighted by Crippen LogP contribution is -2.44. The largest absolute Gasteiger partial charge is 0.369 e. The fraction of sp³-hybridized carbons (Fsp3) is 0.500. The smallest absolute Gasteiger partial charge is 0.243 e. The van der Waals surface area contributed by atoms with Crippen molar-refractivity contribution < 1.29 is 22.8 Å². The number of carbonyl (C=O) groups is 3. The zero-order valence-electron chi connectivity index (χ0n) is 15.3. The van der Waals surface area contributed by atoms with Gasteiger partial charge in [-0.3, -0.25) is 14.4 Å². The summed E-state index contributed by atoms with van der Waals surface area (Å²) in [5.74, 6) is -1.59. The van der Waals surface area contributed by atoms with Crippen molar-refractivity contribution in [2.75, 3.05) is 13.1 Å². The molecule has 148 valence electrons. The number of nitrogens with two attached hydrogens (primary N) is 1. The van der Waals surface area contributed by atoms with Gasteiger partial charge in [0.15, 0.2) is 5.78 Å². The summed E-state index contributed by atoms with van der Waals surface area (Å²) >= 11 is 0. The third kappa shape index (κ3) is 5.61. The summed E-state index contributed by atoms with van der Waals surface area (Å²) in [5, 5.41) is 2.65. The van der Waals surface area contributed by atoms with E-state index in [0.717, 1.165) is 4.31 Å². The Labute approximate surface area is 159 Å². The molecule has 1 unspecified atom stereocenters. The number of nitrogens with one attached hydrogen (secondary N) is 1. The Kier molecular flexibility index (Phi) is 7.09. The number of benzene rings is 1. The highest BCUT2D eigenvalue weighted by molar-refractivity contribution is 7.89. The van der Waals surface area contributed by atoms with Gasteiger partial charge in [-0.15, -0.1) is 0 Å². The van der Waals surface area contributed by atoms with Crippen molar-refractivity contribution in [3.63, 3.8) is 0 Å². The second-order valence-electron chi connectivity index (χ2n) is 6.72. The summed E-state index contributed by atoms with van der Waals surface area (Å²) < 4.78 is 26.6. The number of ketones is 1. The molecular weight excluding hydrogens is 370 g/mol. The van der Waals surface area contributed by atoms with Gasteiger partial charge in [-0.1, -0.05) is 25.1 Å². The van der Waals surface area contributed by atoms with E-state index in [1.54, 1.807) is 25.1 Å². The van der Waals surface area contributed by atoms with Crippen LogP contribution in [0.2, 0.25) is 0 Å². The quantitative estimate of drug-likeness (QED) is 0.692. The minimum atomic E-state index is -3.75. The molecule has 0 spiro atoms. The van der Waals surface area contributed by atoms with Crippen LogP contribution in [-0.2, 0) is 24.4 Å². The molecule has 2 amide bonds. The first-order valence-corrected chi connectivity index (χ1v) is 10.3. The number of nitrogens with zero attached hydrogens (tertiary/aromatic N) is 1. The van der Waals surface area contributed by atoms with E-state index < -0.39 is 27.9 Å². The lowest BCUT2D eigenvalue weighted by atomic mass is 10.0. The predicted molar refractivity (Wildman–Crippen MR) is 99.0 cm³/mol. The first kappa shape index (κ1) is 21.0. The zero-order chi connectivity index (χ0) is 20.0. The van der Waals surface area contributed by atoms with Gasteiger partial charge < -0.3 is 11.1 Å². The van der Waals surface area contributed by atoms with Gasteiger partial charge in [0, 0.05) is 18.9 Å². The average Bonchev–Trinajstić information content (AvgIpc) is 2.82. The van der Waals surface area contributed by atoms with Crippen molar-refractivity contribution in [3.05, 3.63) is 30.3 Å². The van der Waals surface area contributed by atoms with Crippen LogP contribution in [0.5, 0.6) is 0 Å². The van der Waals surface area contributed by atoms with Crippen LogP contribution in [0.4, 0.5) is 0 Å². The molecule has 2 rings (SSSR count). The Balaban J connectivity index is 1.98. The minimum Gasteiger partial charge on any atom is -0.369 e. The molecule has 9 heteroatoms. The van der Waals surface area contributed by atoms with E-state index in [9.17, 15) is 22.8 Å². The molecule has 1 aromatic carbocycles. The lowest BCUT2D eigenvalue weighted by Gasteiger charge is -2.20. The molecular formula is C18H25N3O5S. The van der Waals surface area contributed by atoms with E-state index in [2.05, 4.69) is 5.32 Å². The highest BCUT2D eigenvalue weighted by atomic mass is 32.2. The van der Waals surface area contributed by atoms with Gasteiger partial charge in [-0.25, -0.2) is 8.42 Å². The van der Waals surface area contributed by atoms with Crippen molar-refractivity contribution >= 4 is 27.6 Å². The normalized spacial score (nSPS) is 19.9. The lowest BCUT2D eigenvalue weighted by molar-refractivity contribution is -0.128. The number of rotatable bonds is 7. The molecule has 1 fully saturated rings. The highest BCUT2D eigenvalue weighted by Gasteiger charge is 2.32. The number of sulfonamides is 1. The second kappa shape index (κ2) is 9.09. The average molecular weight is 395 g/mol. The number of primary amides is 1.